The van der Waals surface area contributed by atoms with E-state index in [1.807, 2.05) is 6.07 Å². The molecule has 7 nitrogen and oxygen atoms in total. The number of aromatic hydroxyl groups is 1. The summed E-state index contributed by atoms with van der Waals surface area (Å²) in [6.07, 6.45) is 5.39. The largest absolute Gasteiger partial charge is 0.494 e. The van der Waals surface area contributed by atoms with Crippen molar-refractivity contribution in [1.29, 1.82) is 5.26 Å². The Balaban J connectivity index is 1.96. The fraction of sp³-hybridized carbons (Fsp3) is 0.480. The fourth-order valence-corrected chi connectivity index (χ4v) is 4.66. The van der Waals surface area contributed by atoms with Gasteiger partial charge in [-0.15, -0.1) is 0 Å². The Morgan fingerprint density at radius 2 is 2.00 bits per heavy atom. The molecular weight excluding hydrogens is 479 g/mol. The van der Waals surface area contributed by atoms with Gasteiger partial charge in [-0.25, -0.2) is 0 Å². The third kappa shape index (κ3) is 5.57. The summed E-state index contributed by atoms with van der Waals surface area (Å²) in [5, 5.41) is 20.8. The molecule has 2 heterocycles. The van der Waals surface area contributed by atoms with Crippen LogP contribution in [0.15, 0.2) is 16.9 Å². The minimum absolute atomic E-state index is 0.0478. The van der Waals surface area contributed by atoms with Gasteiger partial charge in [-0.05, 0) is 43.9 Å². The Hall–Kier alpha value is -2.53. The zero-order valence-electron chi connectivity index (χ0n) is 19.3. The number of ketones is 1. The lowest BCUT2D eigenvalue weighted by Gasteiger charge is -2.18. The molecule has 0 spiro atoms. The summed E-state index contributed by atoms with van der Waals surface area (Å²) in [6.45, 7) is 4.64. The highest BCUT2D eigenvalue weighted by atomic mass is 35.5. The summed E-state index contributed by atoms with van der Waals surface area (Å²) in [7, 11) is 0. The normalized spacial score (nSPS) is 15.3. The van der Waals surface area contributed by atoms with Gasteiger partial charge in [-0.3, -0.25) is 14.2 Å². The molecule has 1 aromatic heterocycles. The molecule has 1 unspecified atom stereocenters. The van der Waals surface area contributed by atoms with Crippen LogP contribution >= 0.6 is 23.2 Å². The van der Waals surface area contributed by atoms with Crippen molar-refractivity contribution in [3.05, 3.63) is 54.8 Å². The second-order valence-electron chi connectivity index (χ2n) is 8.37. The number of pyridine rings is 1. The van der Waals surface area contributed by atoms with Crippen molar-refractivity contribution in [2.24, 2.45) is 0 Å². The van der Waals surface area contributed by atoms with Gasteiger partial charge in [-0.1, -0.05) is 49.4 Å². The summed E-state index contributed by atoms with van der Waals surface area (Å²) >= 11 is 12.7. The Bertz CT molecular complexity index is 1140. The SMILES string of the molecule is CCCCCCOc1c(Cl)cc(C(=O)c2c(C)c(C#N)c(=O)n(CC3CCCO3)c2O)cc1Cl. The second kappa shape index (κ2) is 11.7. The highest BCUT2D eigenvalue weighted by Gasteiger charge is 2.28. The number of carbonyl (C=O) groups is 1. The number of benzene rings is 1. The minimum Gasteiger partial charge on any atom is -0.494 e. The Morgan fingerprint density at radius 3 is 2.59 bits per heavy atom. The summed E-state index contributed by atoms with van der Waals surface area (Å²) in [5.41, 5.74) is -0.801. The van der Waals surface area contributed by atoms with E-state index in [9.17, 15) is 20.0 Å². The molecule has 0 radical (unpaired) electrons. The highest BCUT2D eigenvalue weighted by Crippen LogP contribution is 2.36. The van der Waals surface area contributed by atoms with Crippen LogP contribution in [0.25, 0.3) is 0 Å². The molecule has 0 amide bonds. The first-order valence-electron chi connectivity index (χ1n) is 11.4. The van der Waals surface area contributed by atoms with Crippen molar-refractivity contribution in [2.75, 3.05) is 13.2 Å². The quantitative estimate of drug-likeness (QED) is 0.341. The van der Waals surface area contributed by atoms with Gasteiger partial charge in [0.05, 0.1) is 34.9 Å². The van der Waals surface area contributed by atoms with Gasteiger partial charge in [0, 0.05) is 12.2 Å². The molecule has 1 fully saturated rings. The van der Waals surface area contributed by atoms with Crippen molar-refractivity contribution < 1.29 is 19.4 Å². The van der Waals surface area contributed by atoms with Gasteiger partial charge in [0.25, 0.3) is 5.56 Å². The van der Waals surface area contributed by atoms with E-state index in [-0.39, 0.29) is 44.9 Å². The first kappa shape index (κ1) is 26.1. The lowest BCUT2D eigenvalue weighted by atomic mass is 9.97. The Labute approximate surface area is 208 Å². The number of hydrogen-bond acceptors (Lipinski definition) is 6. The summed E-state index contributed by atoms with van der Waals surface area (Å²) in [6, 6.07) is 4.69. The van der Waals surface area contributed by atoms with Crippen molar-refractivity contribution in [3.8, 4) is 17.7 Å². The number of aromatic nitrogens is 1. The summed E-state index contributed by atoms with van der Waals surface area (Å²) in [4.78, 5) is 26.2. The molecule has 1 N–H and O–H groups in total. The van der Waals surface area contributed by atoms with E-state index in [1.165, 1.54) is 19.1 Å². The average molecular weight is 507 g/mol. The van der Waals surface area contributed by atoms with Gasteiger partial charge < -0.3 is 14.6 Å². The molecule has 2 aromatic rings. The molecule has 0 bridgehead atoms. The number of nitriles is 1. The average Bonchev–Trinajstić information content (AvgIpc) is 3.31. The number of nitrogens with zero attached hydrogens (tertiary/aromatic N) is 2. The first-order chi connectivity index (χ1) is 16.3. The number of ether oxygens (including phenoxy) is 2. The van der Waals surface area contributed by atoms with E-state index in [0.29, 0.717) is 19.0 Å². The molecule has 1 saturated heterocycles. The molecule has 1 aliphatic rings. The summed E-state index contributed by atoms with van der Waals surface area (Å²) < 4.78 is 12.3. The van der Waals surface area contributed by atoms with E-state index in [2.05, 4.69) is 6.92 Å². The zero-order valence-corrected chi connectivity index (χ0v) is 20.8. The van der Waals surface area contributed by atoms with E-state index in [0.717, 1.165) is 43.1 Å². The maximum atomic E-state index is 13.4. The van der Waals surface area contributed by atoms with Gasteiger partial charge in [0.1, 0.15) is 11.6 Å². The molecule has 34 heavy (non-hydrogen) atoms. The number of unbranched alkanes of at least 4 members (excludes halogenated alkanes) is 3. The van der Waals surface area contributed by atoms with Gasteiger partial charge in [0.15, 0.2) is 11.5 Å². The Kier molecular flexibility index (Phi) is 9.01. The maximum Gasteiger partial charge on any atom is 0.271 e. The van der Waals surface area contributed by atoms with E-state index >= 15 is 0 Å². The molecular formula is C25H28Cl2N2O5. The van der Waals surface area contributed by atoms with E-state index in [4.69, 9.17) is 32.7 Å². The van der Waals surface area contributed by atoms with Crippen LogP contribution in [-0.4, -0.2) is 34.8 Å². The topological polar surface area (TPSA) is 102 Å². The van der Waals surface area contributed by atoms with Crippen LogP contribution in [0, 0.1) is 18.3 Å². The van der Waals surface area contributed by atoms with Crippen LogP contribution < -0.4 is 10.3 Å². The van der Waals surface area contributed by atoms with Crippen LogP contribution in [0.2, 0.25) is 10.0 Å². The van der Waals surface area contributed by atoms with Gasteiger partial charge in [0.2, 0.25) is 5.88 Å². The molecule has 1 atom stereocenters. The van der Waals surface area contributed by atoms with E-state index < -0.39 is 17.2 Å². The first-order valence-corrected chi connectivity index (χ1v) is 12.2. The van der Waals surface area contributed by atoms with Crippen molar-refractivity contribution in [2.45, 2.75) is 65.0 Å². The minimum atomic E-state index is -0.660. The van der Waals surface area contributed by atoms with Crippen molar-refractivity contribution >= 4 is 29.0 Å². The number of hydrogen-bond donors (Lipinski definition) is 1. The van der Waals surface area contributed by atoms with Crippen LogP contribution in [0.5, 0.6) is 11.6 Å². The standard InChI is InChI=1S/C25H28Cl2N2O5/c1-3-4-5-6-9-34-23-19(26)11-16(12-20(23)27)22(30)21-15(2)18(13-28)24(31)29(25(21)32)14-17-8-7-10-33-17/h11-12,17,32H,3-10,14H2,1-2H3. The Morgan fingerprint density at radius 1 is 1.29 bits per heavy atom. The van der Waals surface area contributed by atoms with Crippen LogP contribution in [-0.2, 0) is 11.3 Å². The lowest BCUT2D eigenvalue weighted by Crippen LogP contribution is -2.30. The molecule has 1 aliphatic heterocycles. The molecule has 0 saturated carbocycles. The van der Waals surface area contributed by atoms with Gasteiger partial charge >= 0.3 is 0 Å². The van der Waals surface area contributed by atoms with Crippen molar-refractivity contribution in [1.82, 2.24) is 4.57 Å². The highest BCUT2D eigenvalue weighted by molar-refractivity contribution is 6.38. The monoisotopic (exact) mass is 506 g/mol. The summed E-state index contributed by atoms with van der Waals surface area (Å²) in [5.74, 6) is -0.824. The van der Waals surface area contributed by atoms with Crippen molar-refractivity contribution in [3.63, 3.8) is 0 Å². The number of carbonyl (C=O) groups excluding carboxylic acids is 1. The number of halogens is 2. The molecule has 182 valence electrons. The fourth-order valence-electron chi connectivity index (χ4n) is 4.06. The van der Waals surface area contributed by atoms with Crippen LogP contribution in [0.1, 0.15) is 72.5 Å². The second-order valence-corrected chi connectivity index (χ2v) is 9.18. The van der Waals surface area contributed by atoms with E-state index in [1.54, 1.807) is 0 Å². The van der Waals surface area contributed by atoms with Gasteiger partial charge in [-0.2, -0.15) is 5.26 Å². The number of rotatable bonds is 10. The molecule has 9 heteroatoms. The smallest absolute Gasteiger partial charge is 0.271 e. The predicted molar refractivity (Wildman–Crippen MR) is 130 cm³/mol. The molecule has 3 rings (SSSR count). The third-order valence-electron chi connectivity index (χ3n) is 5.94. The molecule has 0 aliphatic carbocycles. The van der Waals surface area contributed by atoms with Crippen LogP contribution in [0.4, 0.5) is 0 Å². The molecule has 1 aromatic carbocycles. The zero-order chi connectivity index (χ0) is 24.8. The third-order valence-corrected chi connectivity index (χ3v) is 6.50. The van der Waals surface area contributed by atoms with Crippen LogP contribution in [0.3, 0.4) is 0 Å². The lowest BCUT2D eigenvalue weighted by molar-refractivity contribution is 0.0929. The maximum absolute atomic E-state index is 13.4. The predicted octanol–water partition coefficient (Wildman–Crippen LogP) is 5.41.